The second-order valence-electron chi connectivity index (χ2n) is 5.20. The molecule has 0 aliphatic rings. The highest BCUT2D eigenvalue weighted by Crippen LogP contribution is 2.29. The first-order valence-corrected chi connectivity index (χ1v) is 8.97. The third-order valence-electron chi connectivity index (χ3n) is 3.50. The van der Waals surface area contributed by atoms with Gasteiger partial charge in [-0.2, -0.15) is 0 Å². The normalized spacial score (nSPS) is 10.8. The average molecular weight is 379 g/mol. The number of aromatic nitrogens is 1. The summed E-state index contributed by atoms with van der Waals surface area (Å²) in [6, 6.07) is 13.6. The van der Waals surface area contributed by atoms with Gasteiger partial charge in [-0.15, -0.1) is 11.3 Å². The number of rotatable bonds is 6. The zero-order chi connectivity index (χ0) is 16.9. The molecule has 3 aromatic rings. The molecule has 0 fully saturated rings. The number of benzene rings is 2. The van der Waals surface area contributed by atoms with Gasteiger partial charge in [-0.05, 0) is 35.4 Å². The van der Waals surface area contributed by atoms with E-state index in [2.05, 4.69) is 16.4 Å². The van der Waals surface area contributed by atoms with E-state index < -0.39 is 0 Å². The Bertz CT molecular complexity index is 835. The molecule has 0 amide bonds. The molecule has 0 saturated carbocycles. The van der Waals surface area contributed by atoms with Crippen LogP contribution in [0, 0.1) is 0 Å². The van der Waals surface area contributed by atoms with Crippen LogP contribution in [0.3, 0.4) is 0 Å². The van der Waals surface area contributed by atoms with Crippen LogP contribution >= 0.6 is 34.5 Å². The van der Waals surface area contributed by atoms with Crippen molar-refractivity contribution in [1.82, 2.24) is 10.3 Å². The fourth-order valence-electron chi connectivity index (χ4n) is 2.27. The van der Waals surface area contributed by atoms with Crippen LogP contribution in [0.2, 0.25) is 10.0 Å². The molecule has 0 radical (unpaired) electrons. The SMILES string of the molecule is COc1cccc(-c2cnc(CNCc3ccc(Cl)c(Cl)c3)s2)c1. The van der Waals surface area contributed by atoms with Crippen LogP contribution < -0.4 is 10.1 Å². The number of hydrogen-bond acceptors (Lipinski definition) is 4. The molecule has 0 aliphatic carbocycles. The molecule has 124 valence electrons. The summed E-state index contributed by atoms with van der Waals surface area (Å²) >= 11 is 13.6. The van der Waals surface area contributed by atoms with Gasteiger partial charge in [-0.25, -0.2) is 4.98 Å². The van der Waals surface area contributed by atoms with Gasteiger partial charge in [0.25, 0.3) is 0 Å². The molecule has 0 unspecified atom stereocenters. The van der Waals surface area contributed by atoms with Crippen molar-refractivity contribution in [3.8, 4) is 16.2 Å². The third kappa shape index (κ3) is 4.28. The van der Waals surface area contributed by atoms with Crippen molar-refractivity contribution < 1.29 is 4.74 Å². The fourth-order valence-corrected chi connectivity index (χ4v) is 3.47. The summed E-state index contributed by atoms with van der Waals surface area (Å²) in [7, 11) is 1.67. The molecular weight excluding hydrogens is 363 g/mol. The van der Waals surface area contributed by atoms with Gasteiger partial charge < -0.3 is 10.1 Å². The topological polar surface area (TPSA) is 34.1 Å². The lowest BCUT2D eigenvalue weighted by molar-refractivity contribution is 0.415. The highest BCUT2D eigenvalue weighted by atomic mass is 35.5. The van der Waals surface area contributed by atoms with Crippen LogP contribution in [-0.4, -0.2) is 12.1 Å². The largest absolute Gasteiger partial charge is 0.497 e. The summed E-state index contributed by atoms with van der Waals surface area (Å²) in [6.45, 7) is 1.42. The molecule has 0 bridgehead atoms. The Morgan fingerprint density at radius 2 is 1.96 bits per heavy atom. The molecule has 3 rings (SSSR count). The van der Waals surface area contributed by atoms with Gasteiger partial charge in [0, 0.05) is 19.3 Å². The van der Waals surface area contributed by atoms with Gasteiger partial charge in [0.05, 0.1) is 22.0 Å². The zero-order valence-electron chi connectivity index (χ0n) is 13.1. The van der Waals surface area contributed by atoms with Crippen LogP contribution in [-0.2, 0) is 13.1 Å². The van der Waals surface area contributed by atoms with Crippen molar-refractivity contribution in [3.05, 3.63) is 69.3 Å². The first kappa shape index (κ1) is 17.2. The van der Waals surface area contributed by atoms with Gasteiger partial charge in [0.1, 0.15) is 10.8 Å². The lowest BCUT2D eigenvalue weighted by Crippen LogP contribution is -2.12. The number of methoxy groups -OCH3 is 1. The van der Waals surface area contributed by atoms with E-state index in [0.717, 1.165) is 26.8 Å². The Balaban J connectivity index is 1.60. The summed E-state index contributed by atoms with van der Waals surface area (Å²) in [5, 5.41) is 5.56. The van der Waals surface area contributed by atoms with Gasteiger partial charge in [-0.3, -0.25) is 0 Å². The molecule has 24 heavy (non-hydrogen) atoms. The van der Waals surface area contributed by atoms with E-state index >= 15 is 0 Å². The predicted molar refractivity (Wildman–Crippen MR) is 101 cm³/mol. The summed E-state index contributed by atoms with van der Waals surface area (Å²) in [5.74, 6) is 0.847. The van der Waals surface area contributed by atoms with E-state index in [1.165, 1.54) is 0 Å². The molecule has 0 aliphatic heterocycles. The second-order valence-corrected chi connectivity index (χ2v) is 7.13. The van der Waals surface area contributed by atoms with E-state index in [1.807, 2.05) is 42.6 Å². The van der Waals surface area contributed by atoms with Crippen molar-refractivity contribution in [2.45, 2.75) is 13.1 Å². The quantitative estimate of drug-likeness (QED) is 0.621. The summed E-state index contributed by atoms with van der Waals surface area (Å²) in [4.78, 5) is 5.60. The van der Waals surface area contributed by atoms with Crippen LogP contribution in [0.4, 0.5) is 0 Å². The number of ether oxygens (including phenoxy) is 1. The fraction of sp³-hybridized carbons (Fsp3) is 0.167. The lowest BCUT2D eigenvalue weighted by atomic mass is 10.2. The number of thiazole rings is 1. The van der Waals surface area contributed by atoms with E-state index in [9.17, 15) is 0 Å². The first-order valence-electron chi connectivity index (χ1n) is 7.39. The van der Waals surface area contributed by atoms with E-state index in [4.69, 9.17) is 27.9 Å². The molecule has 2 aromatic carbocycles. The van der Waals surface area contributed by atoms with Crippen LogP contribution in [0.5, 0.6) is 5.75 Å². The number of halogens is 2. The smallest absolute Gasteiger partial charge is 0.119 e. The summed E-state index contributed by atoms with van der Waals surface area (Å²) in [6.07, 6.45) is 1.90. The third-order valence-corrected chi connectivity index (χ3v) is 5.28. The van der Waals surface area contributed by atoms with Gasteiger partial charge in [0.2, 0.25) is 0 Å². The van der Waals surface area contributed by atoms with Gasteiger partial charge in [0.15, 0.2) is 0 Å². The van der Waals surface area contributed by atoms with Crippen molar-refractivity contribution in [3.63, 3.8) is 0 Å². The van der Waals surface area contributed by atoms with E-state index in [1.54, 1.807) is 18.4 Å². The van der Waals surface area contributed by atoms with Crippen LogP contribution in [0.1, 0.15) is 10.6 Å². The average Bonchev–Trinajstić information content (AvgIpc) is 3.07. The summed E-state index contributed by atoms with van der Waals surface area (Å²) < 4.78 is 5.27. The molecule has 1 aromatic heterocycles. The van der Waals surface area contributed by atoms with E-state index in [0.29, 0.717) is 23.1 Å². The molecule has 0 saturated heterocycles. The first-order chi connectivity index (χ1) is 11.7. The van der Waals surface area contributed by atoms with E-state index in [-0.39, 0.29) is 0 Å². The predicted octanol–water partition coefficient (Wildman–Crippen LogP) is 5.42. The maximum absolute atomic E-state index is 6.03. The van der Waals surface area contributed by atoms with Crippen molar-refractivity contribution in [2.24, 2.45) is 0 Å². The standard InChI is InChI=1S/C18H16Cl2N2OS/c1-23-14-4-2-3-13(8-14)17-10-22-18(24-17)11-21-9-12-5-6-15(19)16(20)7-12/h2-8,10,21H,9,11H2,1H3. The Labute approximate surface area is 155 Å². The monoisotopic (exact) mass is 378 g/mol. The molecule has 6 heteroatoms. The molecule has 0 atom stereocenters. The minimum Gasteiger partial charge on any atom is -0.497 e. The minimum atomic E-state index is 0.572. The van der Waals surface area contributed by atoms with Gasteiger partial charge >= 0.3 is 0 Å². The maximum Gasteiger partial charge on any atom is 0.119 e. The van der Waals surface area contributed by atoms with Crippen molar-refractivity contribution >= 4 is 34.5 Å². The highest BCUT2D eigenvalue weighted by Gasteiger charge is 2.06. The molecular formula is C18H16Cl2N2OS. The Morgan fingerprint density at radius 3 is 2.75 bits per heavy atom. The van der Waals surface area contributed by atoms with Crippen molar-refractivity contribution in [2.75, 3.05) is 7.11 Å². The Morgan fingerprint density at radius 1 is 1.08 bits per heavy atom. The Kier molecular flexibility index (Phi) is 5.74. The lowest BCUT2D eigenvalue weighted by Gasteiger charge is -2.04. The van der Waals surface area contributed by atoms with Gasteiger partial charge in [-0.1, -0.05) is 41.4 Å². The summed E-state index contributed by atoms with van der Waals surface area (Å²) in [5.41, 5.74) is 2.21. The minimum absolute atomic E-state index is 0.572. The molecule has 3 nitrogen and oxygen atoms in total. The van der Waals surface area contributed by atoms with Crippen LogP contribution in [0.25, 0.3) is 10.4 Å². The van der Waals surface area contributed by atoms with Crippen molar-refractivity contribution in [1.29, 1.82) is 0 Å². The second kappa shape index (κ2) is 7.99. The van der Waals surface area contributed by atoms with Crippen LogP contribution in [0.15, 0.2) is 48.7 Å². The molecule has 0 spiro atoms. The number of nitrogens with one attached hydrogen (secondary N) is 1. The zero-order valence-corrected chi connectivity index (χ0v) is 15.4. The molecule has 1 heterocycles. The number of nitrogens with zero attached hydrogens (tertiary/aromatic N) is 1. The maximum atomic E-state index is 6.03. The highest BCUT2D eigenvalue weighted by molar-refractivity contribution is 7.15. The number of hydrogen-bond donors (Lipinski definition) is 1. The molecule has 1 N–H and O–H groups in total. The Hall–Kier alpha value is -1.59.